The predicted octanol–water partition coefficient (Wildman–Crippen LogP) is 3.87. The molecule has 1 aliphatic rings. The quantitative estimate of drug-likeness (QED) is 0.542. The van der Waals surface area contributed by atoms with E-state index < -0.39 is 0 Å². The van der Waals surface area contributed by atoms with Gasteiger partial charge in [-0.25, -0.2) is 0 Å². The molecule has 33 heavy (non-hydrogen) atoms. The molecule has 4 rings (SSSR count). The Balaban J connectivity index is 1.24. The minimum atomic E-state index is -0.130. The summed E-state index contributed by atoms with van der Waals surface area (Å²) in [6.07, 6.45) is 0.659. The number of hydrogen-bond donors (Lipinski definition) is 1. The fourth-order valence-corrected chi connectivity index (χ4v) is 4.45. The highest BCUT2D eigenvalue weighted by molar-refractivity contribution is 6.31. The van der Waals surface area contributed by atoms with Gasteiger partial charge in [0.15, 0.2) is 5.82 Å². The van der Waals surface area contributed by atoms with Crippen LogP contribution in [0.15, 0.2) is 59.1 Å². The Hall–Kier alpha value is -2.74. The second kappa shape index (κ2) is 10.9. The molecule has 1 N–H and O–H groups in total. The molecule has 1 fully saturated rings. The largest absolute Gasteiger partial charge is 0.348 e. The second-order valence-corrected chi connectivity index (χ2v) is 8.92. The lowest BCUT2D eigenvalue weighted by atomic mass is 10.1. The molecule has 0 spiro atoms. The third-order valence-corrected chi connectivity index (χ3v) is 6.46. The molecule has 1 aliphatic heterocycles. The number of amides is 1. The topological polar surface area (TPSA) is 74.5 Å². The molecule has 0 saturated carbocycles. The van der Waals surface area contributed by atoms with Gasteiger partial charge in [-0.3, -0.25) is 14.6 Å². The van der Waals surface area contributed by atoms with Gasteiger partial charge in [0.2, 0.25) is 11.8 Å². The SMILES string of the molecule is C[C@H](c1nc(Cc2ccccc2)no1)N1CCN(CC(=O)N[C@H](C)c2ccccc2Cl)CC1. The third-order valence-electron chi connectivity index (χ3n) is 6.12. The van der Waals surface area contributed by atoms with E-state index in [4.69, 9.17) is 16.1 Å². The van der Waals surface area contributed by atoms with Crippen LogP contribution in [0.4, 0.5) is 0 Å². The molecule has 2 heterocycles. The van der Waals surface area contributed by atoms with Crippen LogP contribution in [0.1, 0.15) is 48.8 Å². The Morgan fingerprint density at radius 3 is 2.48 bits per heavy atom. The van der Waals surface area contributed by atoms with Crippen LogP contribution in [0.25, 0.3) is 0 Å². The van der Waals surface area contributed by atoms with Crippen molar-refractivity contribution in [3.05, 3.63) is 82.5 Å². The first kappa shape index (κ1) is 23.4. The number of benzene rings is 2. The van der Waals surface area contributed by atoms with Crippen LogP contribution in [-0.4, -0.2) is 58.6 Å². The lowest BCUT2D eigenvalue weighted by molar-refractivity contribution is -0.123. The maximum absolute atomic E-state index is 12.6. The molecule has 0 radical (unpaired) electrons. The Bertz CT molecular complexity index is 1050. The number of nitrogens with zero attached hydrogens (tertiary/aromatic N) is 4. The molecule has 1 amide bonds. The average molecular weight is 468 g/mol. The summed E-state index contributed by atoms with van der Waals surface area (Å²) in [5.41, 5.74) is 2.09. The smallest absolute Gasteiger partial charge is 0.243 e. The molecule has 0 aliphatic carbocycles. The Morgan fingerprint density at radius 1 is 1.06 bits per heavy atom. The van der Waals surface area contributed by atoms with Gasteiger partial charge in [-0.1, -0.05) is 65.3 Å². The van der Waals surface area contributed by atoms with Crippen molar-refractivity contribution in [1.29, 1.82) is 0 Å². The first-order chi connectivity index (χ1) is 16.0. The van der Waals surface area contributed by atoms with E-state index in [1.54, 1.807) is 0 Å². The summed E-state index contributed by atoms with van der Waals surface area (Å²) in [5.74, 6) is 1.35. The van der Waals surface area contributed by atoms with Gasteiger partial charge in [0.25, 0.3) is 0 Å². The molecule has 1 saturated heterocycles. The summed E-state index contributed by atoms with van der Waals surface area (Å²) in [5, 5.41) is 7.88. The highest BCUT2D eigenvalue weighted by atomic mass is 35.5. The van der Waals surface area contributed by atoms with Crippen LogP contribution in [0.3, 0.4) is 0 Å². The summed E-state index contributed by atoms with van der Waals surface area (Å²) < 4.78 is 5.55. The van der Waals surface area contributed by atoms with Crippen LogP contribution in [0.2, 0.25) is 5.02 Å². The lowest BCUT2D eigenvalue weighted by Crippen LogP contribution is -2.50. The molecule has 0 unspecified atom stereocenters. The summed E-state index contributed by atoms with van der Waals surface area (Å²) in [4.78, 5) is 21.7. The summed E-state index contributed by atoms with van der Waals surface area (Å²) >= 11 is 6.25. The summed E-state index contributed by atoms with van der Waals surface area (Å²) in [6, 6.07) is 17.6. The Kier molecular flexibility index (Phi) is 7.75. The van der Waals surface area contributed by atoms with Crippen molar-refractivity contribution < 1.29 is 9.32 Å². The Labute approximate surface area is 199 Å². The molecule has 0 bridgehead atoms. The zero-order valence-corrected chi connectivity index (χ0v) is 19.8. The number of hydrogen-bond acceptors (Lipinski definition) is 6. The maximum atomic E-state index is 12.6. The van der Waals surface area contributed by atoms with Crippen LogP contribution in [0.5, 0.6) is 0 Å². The zero-order chi connectivity index (χ0) is 23.2. The van der Waals surface area contributed by atoms with E-state index in [0.717, 1.165) is 37.3 Å². The van der Waals surface area contributed by atoms with E-state index in [1.807, 2.05) is 49.4 Å². The number of aromatic nitrogens is 2. The molecular weight excluding hydrogens is 438 g/mol. The van der Waals surface area contributed by atoms with Gasteiger partial charge in [-0.05, 0) is 31.0 Å². The van der Waals surface area contributed by atoms with Gasteiger partial charge in [0.05, 0.1) is 18.6 Å². The van der Waals surface area contributed by atoms with Crippen molar-refractivity contribution in [3.8, 4) is 0 Å². The van der Waals surface area contributed by atoms with Crippen molar-refractivity contribution in [2.75, 3.05) is 32.7 Å². The molecule has 3 aromatic rings. The number of piperazine rings is 1. The van der Waals surface area contributed by atoms with E-state index in [9.17, 15) is 4.79 Å². The molecule has 2 aromatic carbocycles. The standard InChI is InChI=1S/C25H30ClN5O2/c1-18(21-10-6-7-11-22(21)26)27-24(32)17-30-12-14-31(15-13-30)19(2)25-28-23(29-33-25)16-20-8-4-3-5-9-20/h3-11,18-19H,12-17H2,1-2H3,(H,27,32)/t18-,19-/m1/s1. The first-order valence-electron chi connectivity index (χ1n) is 11.4. The van der Waals surface area contributed by atoms with Gasteiger partial charge in [-0.2, -0.15) is 4.98 Å². The molecule has 8 heteroatoms. The number of rotatable bonds is 8. The van der Waals surface area contributed by atoms with Crippen LogP contribution in [-0.2, 0) is 11.2 Å². The zero-order valence-electron chi connectivity index (χ0n) is 19.1. The number of halogens is 1. The molecule has 174 valence electrons. The highest BCUT2D eigenvalue weighted by Crippen LogP contribution is 2.23. The van der Waals surface area contributed by atoms with Crippen molar-refractivity contribution >= 4 is 17.5 Å². The fraction of sp³-hybridized carbons (Fsp3) is 0.400. The molecule has 1 aromatic heterocycles. The predicted molar refractivity (Wildman–Crippen MR) is 128 cm³/mol. The van der Waals surface area contributed by atoms with Crippen molar-refractivity contribution in [1.82, 2.24) is 25.3 Å². The first-order valence-corrected chi connectivity index (χ1v) is 11.7. The average Bonchev–Trinajstić information content (AvgIpc) is 3.28. The molecule has 2 atom stereocenters. The van der Waals surface area contributed by atoms with E-state index in [1.165, 1.54) is 0 Å². The minimum Gasteiger partial charge on any atom is -0.348 e. The van der Waals surface area contributed by atoms with Crippen LogP contribution < -0.4 is 5.32 Å². The van der Waals surface area contributed by atoms with Crippen LogP contribution in [0, 0.1) is 0 Å². The minimum absolute atomic E-state index is 0.00590. The van der Waals surface area contributed by atoms with Gasteiger partial charge in [-0.15, -0.1) is 0 Å². The number of carbonyl (C=O) groups excluding carboxylic acids is 1. The number of carbonyl (C=O) groups is 1. The molecule has 7 nitrogen and oxygen atoms in total. The van der Waals surface area contributed by atoms with Gasteiger partial charge in [0.1, 0.15) is 0 Å². The monoisotopic (exact) mass is 467 g/mol. The van der Waals surface area contributed by atoms with Gasteiger partial charge in [0, 0.05) is 37.6 Å². The second-order valence-electron chi connectivity index (χ2n) is 8.51. The Morgan fingerprint density at radius 2 is 1.76 bits per heavy atom. The van der Waals surface area contributed by atoms with Crippen molar-refractivity contribution in [2.45, 2.75) is 32.4 Å². The normalized spacial score (nSPS) is 16.9. The third kappa shape index (κ3) is 6.19. The maximum Gasteiger partial charge on any atom is 0.243 e. The van der Waals surface area contributed by atoms with Gasteiger partial charge >= 0.3 is 0 Å². The summed E-state index contributed by atoms with van der Waals surface area (Å²) in [7, 11) is 0. The van der Waals surface area contributed by atoms with E-state index in [-0.39, 0.29) is 18.0 Å². The summed E-state index contributed by atoms with van der Waals surface area (Å²) in [6.45, 7) is 7.71. The highest BCUT2D eigenvalue weighted by Gasteiger charge is 2.27. The van der Waals surface area contributed by atoms with Crippen molar-refractivity contribution in [3.63, 3.8) is 0 Å². The van der Waals surface area contributed by atoms with Crippen LogP contribution >= 0.6 is 11.6 Å². The van der Waals surface area contributed by atoms with Gasteiger partial charge < -0.3 is 9.84 Å². The lowest BCUT2D eigenvalue weighted by Gasteiger charge is -2.36. The van der Waals surface area contributed by atoms with Crippen molar-refractivity contribution in [2.24, 2.45) is 0 Å². The van der Waals surface area contributed by atoms with E-state index in [2.05, 4.69) is 44.3 Å². The molecular formula is C25H30ClN5O2. The fourth-order valence-electron chi connectivity index (χ4n) is 4.15. The van der Waals surface area contributed by atoms with E-state index >= 15 is 0 Å². The number of nitrogens with one attached hydrogen (secondary N) is 1. The van der Waals surface area contributed by atoms with E-state index in [0.29, 0.717) is 29.7 Å².